The minimum Gasteiger partial charge on any atom is -0.466 e. The van der Waals surface area contributed by atoms with E-state index in [1.165, 1.54) is 21.9 Å². The fourth-order valence-electron chi connectivity index (χ4n) is 3.57. The Morgan fingerprint density at radius 1 is 0.919 bits per heavy atom. The van der Waals surface area contributed by atoms with Gasteiger partial charge in [-0.2, -0.15) is 5.10 Å². The average molecular weight is 506 g/mol. The summed E-state index contributed by atoms with van der Waals surface area (Å²) in [6.45, 7) is 7.31. The highest BCUT2D eigenvalue weighted by Gasteiger charge is 2.06. The second kappa shape index (κ2) is 15.5. The molecule has 7 heteroatoms. The van der Waals surface area contributed by atoms with Gasteiger partial charge in [0.15, 0.2) is 0 Å². The second-order valence-corrected chi connectivity index (χ2v) is 9.35. The normalized spacial score (nSPS) is 10.5. The molecule has 0 aliphatic carbocycles. The molecule has 0 aliphatic rings. The van der Waals surface area contributed by atoms with Crippen LogP contribution in [-0.4, -0.2) is 53.7 Å². The highest BCUT2D eigenvalue weighted by atomic mass is 16.5. The zero-order chi connectivity index (χ0) is 27.2. The van der Waals surface area contributed by atoms with E-state index < -0.39 is 0 Å². The fourth-order valence-corrected chi connectivity index (χ4v) is 3.57. The van der Waals surface area contributed by atoms with Crippen molar-refractivity contribution in [2.45, 2.75) is 53.0 Å². The lowest BCUT2D eigenvalue weighted by molar-refractivity contribution is -0.142. The number of Topliss-reactive ketones (excluding diaryl/α,β-unsaturated/α-hetero) is 1. The maximum Gasteiger partial charge on any atom is 0.310 e. The standard InChI is InChI=1S/C16H18N2O3.C14H21NO/c1-3-21-16(20)10-13-5-4-6-14(9-13)11-18-15(19)8-7-12(2)17-18;1-12-4-6-13(7-5-12)8-9-14(16)10-11-15(2)3/h4-9H,3,10-11H2,1-2H3;4-7H,8-11H2,1-3H3. The molecule has 198 valence electrons. The summed E-state index contributed by atoms with van der Waals surface area (Å²) in [5.74, 6) is 0.106. The van der Waals surface area contributed by atoms with Crippen molar-refractivity contribution in [1.82, 2.24) is 14.7 Å². The smallest absolute Gasteiger partial charge is 0.310 e. The number of aromatic nitrogens is 2. The van der Waals surface area contributed by atoms with E-state index in [0.29, 0.717) is 31.8 Å². The number of ether oxygens (including phenoxy) is 1. The summed E-state index contributed by atoms with van der Waals surface area (Å²) < 4.78 is 6.35. The van der Waals surface area contributed by atoms with E-state index in [-0.39, 0.29) is 17.9 Å². The Bertz CT molecular complexity index is 1200. The first-order valence-corrected chi connectivity index (χ1v) is 12.7. The molecule has 0 spiro atoms. The van der Waals surface area contributed by atoms with Gasteiger partial charge in [0, 0.05) is 25.5 Å². The third-order valence-corrected chi connectivity index (χ3v) is 5.63. The topological polar surface area (TPSA) is 81.5 Å². The predicted molar refractivity (Wildman–Crippen MR) is 147 cm³/mol. The third-order valence-electron chi connectivity index (χ3n) is 5.63. The Kier molecular flexibility index (Phi) is 12.4. The quantitative estimate of drug-likeness (QED) is 0.364. The van der Waals surface area contributed by atoms with Crippen LogP contribution in [0, 0.1) is 13.8 Å². The largest absolute Gasteiger partial charge is 0.466 e. The van der Waals surface area contributed by atoms with Crippen LogP contribution in [0.4, 0.5) is 0 Å². The molecule has 7 nitrogen and oxygen atoms in total. The molecule has 3 aromatic rings. The number of hydrogen-bond acceptors (Lipinski definition) is 6. The van der Waals surface area contributed by atoms with Gasteiger partial charge in [0.1, 0.15) is 5.78 Å². The van der Waals surface area contributed by atoms with Gasteiger partial charge >= 0.3 is 5.97 Å². The lowest BCUT2D eigenvalue weighted by Gasteiger charge is -2.08. The monoisotopic (exact) mass is 505 g/mol. The van der Waals surface area contributed by atoms with Crippen molar-refractivity contribution in [3.8, 4) is 0 Å². The van der Waals surface area contributed by atoms with Crippen molar-refractivity contribution in [3.63, 3.8) is 0 Å². The number of aryl methyl sites for hydroxylation is 3. The number of carbonyl (C=O) groups excluding carboxylic acids is 2. The summed E-state index contributed by atoms with van der Waals surface area (Å²) >= 11 is 0. The lowest BCUT2D eigenvalue weighted by Crippen LogP contribution is -2.23. The maximum atomic E-state index is 11.7. The Morgan fingerprint density at radius 3 is 2.30 bits per heavy atom. The van der Waals surface area contributed by atoms with E-state index in [1.54, 1.807) is 13.0 Å². The van der Waals surface area contributed by atoms with E-state index in [9.17, 15) is 14.4 Å². The molecule has 0 fully saturated rings. The van der Waals surface area contributed by atoms with Crippen LogP contribution in [0.25, 0.3) is 0 Å². The molecular weight excluding hydrogens is 466 g/mol. The molecule has 0 bridgehead atoms. The van der Waals surface area contributed by atoms with Crippen molar-refractivity contribution >= 4 is 11.8 Å². The van der Waals surface area contributed by atoms with Crippen LogP contribution in [0.5, 0.6) is 0 Å². The van der Waals surface area contributed by atoms with Gasteiger partial charge in [-0.25, -0.2) is 4.68 Å². The third kappa shape index (κ3) is 11.8. The number of hydrogen-bond donors (Lipinski definition) is 0. The van der Waals surface area contributed by atoms with E-state index in [0.717, 1.165) is 29.8 Å². The number of nitrogens with zero attached hydrogens (tertiary/aromatic N) is 3. The van der Waals surface area contributed by atoms with Gasteiger partial charge in [0.2, 0.25) is 0 Å². The summed E-state index contributed by atoms with van der Waals surface area (Å²) in [7, 11) is 3.99. The Labute approximate surface area is 220 Å². The number of rotatable bonds is 11. The molecule has 0 radical (unpaired) electrons. The first-order chi connectivity index (χ1) is 17.7. The van der Waals surface area contributed by atoms with Crippen LogP contribution in [0.3, 0.4) is 0 Å². The molecule has 0 aliphatic heterocycles. The Hall–Kier alpha value is -3.58. The number of esters is 1. The summed E-state index contributed by atoms with van der Waals surface area (Å²) in [5.41, 5.74) is 4.96. The molecule has 0 amide bonds. The summed E-state index contributed by atoms with van der Waals surface area (Å²) in [4.78, 5) is 36.8. The number of carbonyl (C=O) groups is 2. The summed E-state index contributed by atoms with van der Waals surface area (Å²) in [5, 5.41) is 4.20. The number of benzene rings is 2. The second-order valence-electron chi connectivity index (χ2n) is 9.35. The number of ketones is 1. The highest BCUT2D eigenvalue weighted by Crippen LogP contribution is 2.08. The molecule has 3 rings (SSSR count). The van der Waals surface area contributed by atoms with Crippen molar-refractivity contribution in [2.24, 2.45) is 0 Å². The van der Waals surface area contributed by atoms with Crippen LogP contribution in [0.1, 0.15) is 47.7 Å². The van der Waals surface area contributed by atoms with Gasteiger partial charge in [0.05, 0.1) is 25.3 Å². The first-order valence-electron chi connectivity index (χ1n) is 12.7. The molecule has 0 unspecified atom stereocenters. The van der Waals surface area contributed by atoms with Crippen molar-refractivity contribution in [2.75, 3.05) is 27.2 Å². The maximum absolute atomic E-state index is 11.7. The van der Waals surface area contributed by atoms with Crippen LogP contribution in [0.15, 0.2) is 65.5 Å². The van der Waals surface area contributed by atoms with Crippen LogP contribution >= 0.6 is 0 Å². The lowest BCUT2D eigenvalue weighted by atomic mass is 10.0. The Morgan fingerprint density at radius 2 is 1.62 bits per heavy atom. The van der Waals surface area contributed by atoms with E-state index in [4.69, 9.17) is 4.74 Å². The van der Waals surface area contributed by atoms with Gasteiger partial charge in [0.25, 0.3) is 5.56 Å². The predicted octanol–water partition coefficient (Wildman–Crippen LogP) is 4.15. The van der Waals surface area contributed by atoms with Crippen LogP contribution in [-0.2, 0) is 33.7 Å². The van der Waals surface area contributed by atoms with Crippen molar-refractivity contribution in [3.05, 3.63) is 99.0 Å². The van der Waals surface area contributed by atoms with E-state index in [1.807, 2.05) is 50.2 Å². The van der Waals surface area contributed by atoms with Gasteiger partial charge in [-0.3, -0.25) is 14.4 Å². The molecule has 1 heterocycles. The molecule has 0 N–H and O–H groups in total. The zero-order valence-electron chi connectivity index (χ0n) is 22.7. The van der Waals surface area contributed by atoms with Gasteiger partial charge in [-0.05, 0) is 64.0 Å². The summed E-state index contributed by atoms with van der Waals surface area (Å²) in [6, 6.07) is 19.1. The van der Waals surface area contributed by atoms with Crippen molar-refractivity contribution in [1.29, 1.82) is 0 Å². The van der Waals surface area contributed by atoms with Crippen molar-refractivity contribution < 1.29 is 14.3 Å². The van der Waals surface area contributed by atoms with Crippen LogP contribution < -0.4 is 5.56 Å². The highest BCUT2D eigenvalue weighted by molar-refractivity contribution is 5.78. The van der Waals surface area contributed by atoms with E-state index in [2.05, 4.69) is 36.3 Å². The fraction of sp³-hybridized carbons (Fsp3) is 0.400. The minimum atomic E-state index is -0.250. The molecule has 2 aromatic carbocycles. The van der Waals surface area contributed by atoms with Gasteiger partial charge < -0.3 is 9.64 Å². The molecular formula is C30H39N3O4. The molecule has 0 saturated carbocycles. The average Bonchev–Trinajstić information content (AvgIpc) is 2.85. The Balaban J connectivity index is 0.000000271. The van der Waals surface area contributed by atoms with Gasteiger partial charge in [-0.15, -0.1) is 0 Å². The molecule has 1 aromatic heterocycles. The zero-order valence-corrected chi connectivity index (χ0v) is 22.7. The minimum absolute atomic E-state index is 0.142. The first kappa shape index (κ1) is 29.6. The van der Waals surface area contributed by atoms with Crippen LogP contribution in [0.2, 0.25) is 0 Å². The van der Waals surface area contributed by atoms with E-state index >= 15 is 0 Å². The molecule has 37 heavy (non-hydrogen) atoms. The van der Waals surface area contributed by atoms with Gasteiger partial charge in [-0.1, -0.05) is 54.1 Å². The summed E-state index contributed by atoms with van der Waals surface area (Å²) in [6.07, 6.45) is 2.43. The SMILES string of the molecule is CCOC(=O)Cc1cccc(Cn2nc(C)ccc2=O)c1.Cc1ccc(CCC(=O)CCN(C)C)cc1. The molecule has 0 atom stereocenters. The molecule has 0 saturated heterocycles.